The highest BCUT2D eigenvalue weighted by molar-refractivity contribution is 5.63. The highest BCUT2D eigenvalue weighted by atomic mass is 19.2. The van der Waals surface area contributed by atoms with Gasteiger partial charge in [0.1, 0.15) is 0 Å². The third kappa shape index (κ3) is 3.55. The van der Waals surface area contributed by atoms with Crippen molar-refractivity contribution in [1.82, 2.24) is 0 Å². The lowest BCUT2D eigenvalue weighted by molar-refractivity contribution is 0.348. The van der Waals surface area contributed by atoms with E-state index in [0.717, 1.165) is 17.0 Å². The smallest absolute Gasteiger partial charge is 0.159 e. The minimum atomic E-state index is -0.799. The summed E-state index contributed by atoms with van der Waals surface area (Å²) >= 11 is 0. The van der Waals surface area contributed by atoms with E-state index in [1.807, 2.05) is 12.1 Å². The van der Waals surface area contributed by atoms with Crippen LogP contribution in [0.25, 0.3) is 11.1 Å². The second-order valence-electron chi connectivity index (χ2n) is 6.21. The van der Waals surface area contributed by atoms with Crippen LogP contribution < -0.4 is 0 Å². The fourth-order valence-corrected chi connectivity index (χ4v) is 3.22. The van der Waals surface area contributed by atoms with Gasteiger partial charge in [0.15, 0.2) is 11.6 Å². The zero-order valence-electron chi connectivity index (χ0n) is 12.3. The molecule has 0 spiro atoms. The van der Waals surface area contributed by atoms with E-state index >= 15 is 0 Å². The van der Waals surface area contributed by atoms with Crippen LogP contribution in [-0.4, -0.2) is 0 Å². The van der Waals surface area contributed by atoms with Gasteiger partial charge in [-0.1, -0.05) is 57.5 Å². The number of halogens is 2. The lowest BCUT2D eigenvalue weighted by Crippen LogP contribution is -2.10. The highest BCUT2D eigenvalue weighted by Gasteiger charge is 2.19. The number of rotatable bonds is 2. The van der Waals surface area contributed by atoms with Crippen molar-refractivity contribution >= 4 is 0 Å². The first-order valence-corrected chi connectivity index (χ1v) is 7.69. The highest BCUT2D eigenvalue weighted by Crippen LogP contribution is 2.36. The van der Waals surface area contributed by atoms with Gasteiger partial charge in [-0.3, -0.25) is 0 Å². The molecule has 3 rings (SSSR count). The molecule has 22 heavy (non-hydrogen) atoms. The van der Waals surface area contributed by atoms with E-state index in [1.54, 1.807) is 6.07 Å². The van der Waals surface area contributed by atoms with Crippen LogP contribution in [-0.2, 0) is 0 Å². The maximum Gasteiger partial charge on any atom is 0.159 e. The minimum absolute atomic E-state index is 0. The van der Waals surface area contributed by atoms with Crippen LogP contribution in [0.15, 0.2) is 42.5 Å². The van der Waals surface area contributed by atoms with E-state index in [2.05, 4.69) is 19.1 Å². The Bertz CT molecular complexity index is 608. The third-order valence-electron chi connectivity index (χ3n) is 4.65. The molecule has 1 aliphatic rings. The monoisotopic (exact) mass is 302 g/mol. The third-order valence-corrected chi connectivity index (χ3v) is 4.65. The molecule has 0 amide bonds. The van der Waals surface area contributed by atoms with Gasteiger partial charge in [0, 0.05) is 0 Å². The molecule has 0 bridgehead atoms. The minimum Gasteiger partial charge on any atom is -0.204 e. The van der Waals surface area contributed by atoms with Crippen LogP contribution in [0.5, 0.6) is 0 Å². The van der Waals surface area contributed by atoms with Crippen molar-refractivity contribution in [3.05, 3.63) is 59.7 Å². The standard InChI is InChI=1S/C19H20F2.CH4/c1-13-2-4-14(5-3-13)15-6-8-16(9-7-15)17-10-11-18(20)19(21)12-17;/h6-14H,2-5H2,1H3;1H4. The largest absolute Gasteiger partial charge is 0.204 e. The Balaban J connectivity index is 0.00000176. The molecule has 0 radical (unpaired) electrons. The molecule has 0 heterocycles. The van der Waals surface area contributed by atoms with E-state index in [0.29, 0.717) is 5.92 Å². The molecule has 2 aromatic rings. The van der Waals surface area contributed by atoms with Crippen molar-refractivity contribution in [3.63, 3.8) is 0 Å². The number of hydrogen-bond acceptors (Lipinski definition) is 0. The first kappa shape index (κ1) is 16.7. The summed E-state index contributed by atoms with van der Waals surface area (Å²) < 4.78 is 26.3. The van der Waals surface area contributed by atoms with E-state index in [1.165, 1.54) is 43.4 Å². The molecule has 118 valence electrons. The summed E-state index contributed by atoms with van der Waals surface area (Å²) in [6.07, 6.45) is 5.11. The van der Waals surface area contributed by atoms with Crippen LogP contribution in [0.1, 0.15) is 51.5 Å². The summed E-state index contributed by atoms with van der Waals surface area (Å²) in [6.45, 7) is 2.32. The second-order valence-corrected chi connectivity index (χ2v) is 6.21. The van der Waals surface area contributed by atoms with E-state index in [9.17, 15) is 8.78 Å². The van der Waals surface area contributed by atoms with Gasteiger partial charge < -0.3 is 0 Å². The van der Waals surface area contributed by atoms with Crippen LogP contribution >= 0.6 is 0 Å². The van der Waals surface area contributed by atoms with Gasteiger partial charge in [-0.2, -0.15) is 0 Å². The van der Waals surface area contributed by atoms with Gasteiger partial charge in [-0.25, -0.2) is 8.78 Å². The molecule has 1 saturated carbocycles. The van der Waals surface area contributed by atoms with E-state index < -0.39 is 11.6 Å². The summed E-state index contributed by atoms with van der Waals surface area (Å²) in [5.41, 5.74) is 3.02. The molecule has 1 fully saturated rings. The fourth-order valence-electron chi connectivity index (χ4n) is 3.22. The van der Waals surface area contributed by atoms with Crippen molar-refractivity contribution in [1.29, 1.82) is 0 Å². The molecule has 0 aliphatic heterocycles. The van der Waals surface area contributed by atoms with Crippen molar-refractivity contribution < 1.29 is 8.78 Å². The van der Waals surface area contributed by atoms with E-state index in [4.69, 9.17) is 0 Å². The molecule has 0 unspecified atom stereocenters. The molecular formula is C20H24F2. The topological polar surface area (TPSA) is 0 Å². The molecule has 2 heteroatoms. The maximum absolute atomic E-state index is 13.3. The number of hydrogen-bond donors (Lipinski definition) is 0. The molecular weight excluding hydrogens is 278 g/mol. The Morgan fingerprint density at radius 2 is 1.36 bits per heavy atom. The van der Waals surface area contributed by atoms with Crippen molar-refractivity contribution in [3.8, 4) is 11.1 Å². The Kier molecular flexibility index (Phi) is 5.33. The van der Waals surface area contributed by atoms with Crippen LogP contribution in [0.3, 0.4) is 0 Å². The SMILES string of the molecule is C.CC1CCC(c2ccc(-c3ccc(F)c(F)c3)cc2)CC1. The van der Waals surface area contributed by atoms with Gasteiger partial charge in [0.2, 0.25) is 0 Å². The molecule has 0 nitrogen and oxygen atoms in total. The molecule has 0 aromatic heterocycles. The summed E-state index contributed by atoms with van der Waals surface area (Å²) in [4.78, 5) is 0. The summed E-state index contributed by atoms with van der Waals surface area (Å²) in [7, 11) is 0. The Hall–Kier alpha value is -1.70. The normalized spacial score (nSPS) is 21.2. The van der Waals surface area contributed by atoms with Crippen molar-refractivity contribution in [2.45, 2.75) is 46.0 Å². The summed E-state index contributed by atoms with van der Waals surface area (Å²) in [5, 5.41) is 0. The molecule has 0 atom stereocenters. The van der Waals surface area contributed by atoms with Gasteiger partial charge in [-0.05, 0) is 53.5 Å². The van der Waals surface area contributed by atoms with Gasteiger partial charge in [0.25, 0.3) is 0 Å². The van der Waals surface area contributed by atoms with Crippen LogP contribution in [0.2, 0.25) is 0 Å². The second kappa shape index (κ2) is 7.04. The lowest BCUT2D eigenvalue weighted by Gasteiger charge is -2.26. The van der Waals surface area contributed by atoms with Crippen LogP contribution in [0.4, 0.5) is 8.78 Å². The predicted molar refractivity (Wildman–Crippen MR) is 88.9 cm³/mol. The molecule has 2 aromatic carbocycles. The Morgan fingerprint density at radius 3 is 1.95 bits per heavy atom. The number of benzene rings is 2. The molecule has 0 saturated heterocycles. The summed E-state index contributed by atoms with van der Waals surface area (Å²) in [6, 6.07) is 12.4. The molecule has 0 N–H and O–H groups in total. The Labute approximate surface area is 132 Å². The lowest BCUT2D eigenvalue weighted by atomic mass is 9.79. The first-order chi connectivity index (χ1) is 10.1. The average Bonchev–Trinajstić information content (AvgIpc) is 2.51. The van der Waals surface area contributed by atoms with Crippen molar-refractivity contribution in [2.75, 3.05) is 0 Å². The zero-order chi connectivity index (χ0) is 14.8. The average molecular weight is 302 g/mol. The Morgan fingerprint density at radius 1 is 0.773 bits per heavy atom. The zero-order valence-corrected chi connectivity index (χ0v) is 12.3. The van der Waals surface area contributed by atoms with Crippen molar-refractivity contribution in [2.24, 2.45) is 5.92 Å². The first-order valence-electron chi connectivity index (χ1n) is 7.69. The van der Waals surface area contributed by atoms with Gasteiger partial charge in [-0.15, -0.1) is 0 Å². The van der Waals surface area contributed by atoms with Crippen LogP contribution in [0, 0.1) is 17.6 Å². The quantitative estimate of drug-likeness (QED) is 0.589. The maximum atomic E-state index is 13.3. The van der Waals surface area contributed by atoms with Gasteiger partial charge in [0.05, 0.1) is 0 Å². The van der Waals surface area contributed by atoms with Gasteiger partial charge >= 0.3 is 0 Å². The summed E-state index contributed by atoms with van der Waals surface area (Å²) in [5.74, 6) is -0.0903. The molecule has 1 aliphatic carbocycles. The fraction of sp³-hybridized carbons (Fsp3) is 0.400. The van der Waals surface area contributed by atoms with E-state index in [-0.39, 0.29) is 7.43 Å². The predicted octanol–water partition coefficient (Wildman–Crippen LogP) is 6.56.